The third-order valence-corrected chi connectivity index (χ3v) is 1.65. The largest absolute Gasteiger partial charge is 0.390 e. The van der Waals surface area contributed by atoms with Crippen LogP contribution in [-0.2, 0) is 4.74 Å². The van der Waals surface area contributed by atoms with Crippen LogP contribution in [0.4, 0.5) is 0 Å². The van der Waals surface area contributed by atoms with Crippen LogP contribution in [0, 0.1) is 0 Å². The number of hydrogen-bond acceptors (Lipinski definition) is 3. The molecular weight excluding hydrogens is 118 g/mol. The van der Waals surface area contributed by atoms with Crippen molar-refractivity contribution in [2.75, 3.05) is 0 Å². The van der Waals surface area contributed by atoms with E-state index < -0.39 is 0 Å². The summed E-state index contributed by atoms with van der Waals surface area (Å²) in [6.45, 7) is 1.98. The lowest BCUT2D eigenvalue weighted by molar-refractivity contribution is 0.0107. The number of aliphatic hydroxyl groups excluding tert-OH is 1. The summed E-state index contributed by atoms with van der Waals surface area (Å²) in [6.07, 6.45) is 0.808. The summed E-state index contributed by atoms with van der Waals surface area (Å²) in [7, 11) is 0. The first-order chi connectivity index (χ1) is 4.24. The normalized spacial score (nSPS) is 43.7. The maximum absolute atomic E-state index is 9.15. The highest BCUT2D eigenvalue weighted by Crippen LogP contribution is 2.18. The van der Waals surface area contributed by atoms with Crippen molar-refractivity contribution in [1.29, 1.82) is 0 Å². The molecule has 1 aliphatic heterocycles. The molecule has 0 bridgehead atoms. The molecule has 0 spiro atoms. The molecule has 3 heteroatoms. The van der Waals surface area contributed by atoms with Crippen molar-refractivity contribution in [1.82, 2.24) is 0 Å². The molecule has 1 heterocycles. The Balaban J connectivity index is 2.38. The Bertz CT molecular complexity index is 97.1. The summed E-state index contributed by atoms with van der Waals surface area (Å²) in [4.78, 5) is 0. The van der Waals surface area contributed by atoms with Gasteiger partial charge in [0, 0.05) is 6.42 Å². The number of nitrogens with two attached hydrogens (primary N) is 1. The molecule has 1 aliphatic rings. The zero-order valence-corrected chi connectivity index (χ0v) is 5.58. The van der Waals surface area contributed by atoms with Crippen LogP contribution < -0.4 is 5.73 Å². The topological polar surface area (TPSA) is 55.5 Å². The summed E-state index contributed by atoms with van der Waals surface area (Å²) in [5.74, 6) is 0. The molecule has 1 fully saturated rings. The maximum atomic E-state index is 9.15. The molecule has 1 saturated heterocycles. The van der Waals surface area contributed by atoms with Crippen LogP contribution in [-0.4, -0.2) is 23.5 Å². The van der Waals surface area contributed by atoms with E-state index in [9.17, 15) is 0 Å². The van der Waals surface area contributed by atoms with E-state index in [0.29, 0.717) is 6.42 Å². The van der Waals surface area contributed by atoms with Crippen molar-refractivity contribution >= 4 is 0 Å². The van der Waals surface area contributed by atoms with Crippen molar-refractivity contribution in [3.63, 3.8) is 0 Å². The Labute approximate surface area is 54.8 Å². The highest BCUT2D eigenvalue weighted by Gasteiger charge is 2.29. The third kappa shape index (κ3) is 1.41. The summed E-state index contributed by atoms with van der Waals surface area (Å²) in [5.41, 5.74) is 5.41. The van der Waals surface area contributed by atoms with E-state index in [1.54, 1.807) is 0 Å². The van der Waals surface area contributed by atoms with Crippen LogP contribution in [0.3, 0.4) is 0 Å². The summed E-state index contributed by atoms with van der Waals surface area (Å²) in [5, 5.41) is 9.15. The van der Waals surface area contributed by atoms with Crippen molar-refractivity contribution in [3.05, 3.63) is 0 Å². The van der Waals surface area contributed by atoms with Crippen LogP contribution in [0.5, 0.6) is 0 Å². The van der Waals surface area contributed by atoms with Crippen LogP contribution in [0.2, 0.25) is 0 Å². The smallest absolute Gasteiger partial charge is 0.108 e. The van der Waals surface area contributed by atoms with E-state index in [1.807, 2.05) is 6.92 Å². The zero-order chi connectivity index (χ0) is 6.85. The minimum atomic E-state index is -0.343. The number of ether oxygens (including phenoxy) is 1. The van der Waals surface area contributed by atoms with Gasteiger partial charge in [-0.1, -0.05) is 6.92 Å². The van der Waals surface area contributed by atoms with Gasteiger partial charge in [-0.25, -0.2) is 0 Å². The van der Waals surface area contributed by atoms with Gasteiger partial charge in [0.2, 0.25) is 0 Å². The highest BCUT2D eigenvalue weighted by molar-refractivity contribution is 4.77. The molecule has 3 atom stereocenters. The third-order valence-electron chi connectivity index (χ3n) is 1.65. The summed E-state index contributed by atoms with van der Waals surface area (Å²) in [6, 6.07) is 0. The van der Waals surface area contributed by atoms with Gasteiger partial charge in [0.25, 0.3) is 0 Å². The standard InChI is InChI=1S/C6H13NO2/c1-2-5-4(8)3-6(7)9-5/h4-6,8H,2-3,7H2,1H3/t4?,5-,6-/m1/s1. The first kappa shape index (κ1) is 6.99. The lowest BCUT2D eigenvalue weighted by Gasteiger charge is -2.09. The fourth-order valence-electron chi connectivity index (χ4n) is 1.13. The Morgan fingerprint density at radius 2 is 2.44 bits per heavy atom. The van der Waals surface area contributed by atoms with Gasteiger partial charge >= 0.3 is 0 Å². The summed E-state index contributed by atoms with van der Waals surface area (Å²) < 4.78 is 5.15. The van der Waals surface area contributed by atoms with E-state index in [4.69, 9.17) is 15.6 Å². The van der Waals surface area contributed by atoms with Gasteiger partial charge in [-0.2, -0.15) is 0 Å². The Morgan fingerprint density at radius 1 is 1.78 bits per heavy atom. The molecule has 1 rings (SSSR count). The lowest BCUT2D eigenvalue weighted by atomic mass is 10.1. The van der Waals surface area contributed by atoms with Gasteiger partial charge in [0.05, 0.1) is 12.2 Å². The van der Waals surface area contributed by atoms with Crippen molar-refractivity contribution in [2.45, 2.75) is 38.2 Å². The Hall–Kier alpha value is -0.120. The van der Waals surface area contributed by atoms with Crippen molar-refractivity contribution < 1.29 is 9.84 Å². The second-order valence-electron chi connectivity index (χ2n) is 2.42. The molecule has 0 radical (unpaired) electrons. The van der Waals surface area contributed by atoms with E-state index in [0.717, 1.165) is 6.42 Å². The van der Waals surface area contributed by atoms with Gasteiger partial charge in [-0.3, -0.25) is 0 Å². The predicted molar refractivity (Wildman–Crippen MR) is 33.8 cm³/mol. The number of rotatable bonds is 1. The van der Waals surface area contributed by atoms with Crippen LogP contribution in [0.25, 0.3) is 0 Å². The Kier molecular flexibility index (Phi) is 2.05. The van der Waals surface area contributed by atoms with Gasteiger partial charge < -0.3 is 15.6 Å². The molecule has 0 aromatic heterocycles. The fourth-order valence-corrected chi connectivity index (χ4v) is 1.13. The van der Waals surface area contributed by atoms with Crippen LogP contribution in [0.1, 0.15) is 19.8 Å². The molecular formula is C6H13NO2. The molecule has 0 aromatic rings. The molecule has 3 N–H and O–H groups in total. The molecule has 0 saturated carbocycles. The lowest BCUT2D eigenvalue weighted by Crippen LogP contribution is -2.20. The monoisotopic (exact) mass is 131 g/mol. The second-order valence-corrected chi connectivity index (χ2v) is 2.42. The first-order valence-electron chi connectivity index (χ1n) is 3.33. The van der Waals surface area contributed by atoms with E-state index in [2.05, 4.69) is 0 Å². The van der Waals surface area contributed by atoms with E-state index in [-0.39, 0.29) is 18.4 Å². The molecule has 3 nitrogen and oxygen atoms in total. The first-order valence-corrected chi connectivity index (χ1v) is 3.33. The predicted octanol–water partition coefficient (Wildman–Crippen LogP) is -0.169. The van der Waals surface area contributed by atoms with E-state index in [1.165, 1.54) is 0 Å². The second kappa shape index (κ2) is 2.64. The van der Waals surface area contributed by atoms with Gasteiger partial charge in [0.15, 0.2) is 0 Å². The van der Waals surface area contributed by atoms with Gasteiger partial charge in [-0.15, -0.1) is 0 Å². The minimum Gasteiger partial charge on any atom is -0.390 e. The van der Waals surface area contributed by atoms with E-state index >= 15 is 0 Å². The van der Waals surface area contributed by atoms with Crippen molar-refractivity contribution in [2.24, 2.45) is 5.73 Å². The average Bonchev–Trinajstić information content (AvgIpc) is 2.10. The quantitative estimate of drug-likeness (QED) is 0.519. The SMILES string of the molecule is CC[C@H]1O[C@@H](N)CC1O. The molecule has 0 aliphatic carbocycles. The van der Waals surface area contributed by atoms with Gasteiger partial charge in [-0.05, 0) is 6.42 Å². The van der Waals surface area contributed by atoms with Gasteiger partial charge in [0.1, 0.15) is 6.23 Å². The number of aliphatic hydroxyl groups is 1. The molecule has 54 valence electrons. The minimum absolute atomic E-state index is 0.0278. The fraction of sp³-hybridized carbons (Fsp3) is 1.00. The van der Waals surface area contributed by atoms with Crippen molar-refractivity contribution in [3.8, 4) is 0 Å². The average molecular weight is 131 g/mol. The van der Waals surface area contributed by atoms with Crippen LogP contribution in [0.15, 0.2) is 0 Å². The zero-order valence-electron chi connectivity index (χ0n) is 5.58. The number of hydrogen-bond donors (Lipinski definition) is 2. The maximum Gasteiger partial charge on any atom is 0.108 e. The van der Waals surface area contributed by atoms with Crippen LogP contribution >= 0.6 is 0 Å². The molecule has 1 unspecified atom stereocenters. The summed E-state index contributed by atoms with van der Waals surface area (Å²) >= 11 is 0. The molecule has 0 aromatic carbocycles. The Morgan fingerprint density at radius 3 is 2.67 bits per heavy atom. The highest BCUT2D eigenvalue weighted by atomic mass is 16.5. The molecule has 0 amide bonds. The molecule has 9 heavy (non-hydrogen) atoms.